The molecule has 0 aliphatic carbocycles. The Kier molecular flexibility index (Phi) is 7.03. The van der Waals surface area contributed by atoms with Crippen LogP contribution in [0.1, 0.15) is 43.5 Å². The number of rotatable bonds is 9. The molecule has 1 unspecified atom stereocenters. The maximum absolute atomic E-state index is 12.3. The van der Waals surface area contributed by atoms with Gasteiger partial charge in [-0.2, -0.15) is 5.26 Å². The Hall–Kier alpha value is -2.54. The van der Waals surface area contributed by atoms with Gasteiger partial charge in [0.2, 0.25) is 5.91 Å². The van der Waals surface area contributed by atoms with E-state index >= 15 is 0 Å². The predicted molar refractivity (Wildman–Crippen MR) is 94.5 cm³/mol. The fourth-order valence-corrected chi connectivity index (χ4v) is 3.84. The molecule has 0 aliphatic rings. The van der Waals surface area contributed by atoms with Crippen LogP contribution >= 0.6 is 11.3 Å². The van der Waals surface area contributed by atoms with E-state index < -0.39 is 17.2 Å². The van der Waals surface area contributed by atoms with E-state index in [9.17, 15) is 14.9 Å². The number of fused-ring (bicyclic) bond motifs is 1. The van der Waals surface area contributed by atoms with E-state index in [4.69, 9.17) is 10.4 Å². The van der Waals surface area contributed by atoms with Crippen LogP contribution in [-0.2, 0) is 15.0 Å². The first kappa shape index (κ1) is 19.8. The van der Waals surface area contributed by atoms with Gasteiger partial charge in [-0.3, -0.25) is 20.0 Å². The van der Waals surface area contributed by atoms with Crippen LogP contribution in [0.4, 0.5) is 0 Å². The van der Waals surface area contributed by atoms with Crippen LogP contribution < -0.4 is 11.0 Å². The molecule has 1 aromatic heterocycles. The number of hydroxylamine groups is 2. The van der Waals surface area contributed by atoms with E-state index in [0.29, 0.717) is 29.8 Å². The summed E-state index contributed by atoms with van der Waals surface area (Å²) in [4.78, 5) is 27.7. The summed E-state index contributed by atoms with van der Waals surface area (Å²) in [6, 6.07) is 9.39. The summed E-state index contributed by atoms with van der Waals surface area (Å²) >= 11 is 1.26. The highest BCUT2D eigenvalue weighted by atomic mass is 32.1. The molecule has 0 spiro atoms. The lowest BCUT2D eigenvalue weighted by Gasteiger charge is -2.21. The van der Waals surface area contributed by atoms with Crippen LogP contribution in [0.15, 0.2) is 24.3 Å². The van der Waals surface area contributed by atoms with E-state index in [1.807, 2.05) is 24.3 Å². The van der Waals surface area contributed by atoms with Gasteiger partial charge in [0.15, 0.2) is 5.41 Å². The minimum atomic E-state index is -1.55. The normalized spacial score (nSPS) is 13.0. The van der Waals surface area contributed by atoms with Gasteiger partial charge in [0, 0.05) is 6.42 Å². The van der Waals surface area contributed by atoms with Crippen molar-refractivity contribution < 1.29 is 20.0 Å². The molecule has 0 radical (unpaired) electrons. The van der Waals surface area contributed by atoms with Gasteiger partial charge in [-0.1, -0.05) is 31.4 Å². The van der Waals surface area contributed by atoms with E-state index in [0.717, 1.165) is 11.1 Å². The van der Waals surface area contributed by atoms with E-state index in [1.165, 1.54) is 11.3 Å². The topological polar surface area (TPSA) is 135 Å². The van der Waals surface area contributed by atoms with Crippen molar-refractivity contribution in [3.05, 3.63) is 29.3 Å². The van der Waals surface area contributed by atoms with Crippen molar-refractivity contribution in [2.24, 2.45) is 0 Å². The number of nitriles is 1. The van der Waals surface area contributed by atoms with Gasteiger partial charge in [-0.15, -0.1) is 11.3 Å². The Balaban J connectivity index is 2.09. The minimum absolute atomic E-state index is 0.210. The van der Waals surface area contributed by atoms with Crippen LogP contribution in [0.5, 0.6) is 0 Å². The zero-order chi connectivity index (χ0) is 19.0. The Bertz CT molecular complexity index is 783. The fourth-order valence-electron chi connectivity index (χ4n) is 2.71. The Morgan fingerprint density at radius 3 is 2.54 bits per heavy atom. The summed E-state index contributed by atoms with van der Waals surface area (Å²) in [7, 11) is 0. The number of aromatic nitrogens is 1. The first-order valence-corrected chi connectivity index (χ1v) is 9.04. The molecular weight excluding hydrogens is 356 g/mol. The molecule has 1 atom stereocenters. The highest BCUT2D eigenvalue weighted by Gasteiger charge is 2.43. The third kappa shape index (κ3) is 4.35. The number of unbranched alkanes of at least 4 members (excludes halogenated alkanes) is 3. The van der Waals surface area contributed by atoms with Crippen LogP contribution in [0.2, 0.25) is 0 Å². The molecule has 9 heteroatoms. The molecule has 0 fully saturated rings. The second-order valence-corrected chi connectivity index (χ2v) is 6.92. The van der Waals surface area contributed by atoms with Crippen molar-refractivity contribution >= 4 is 33.4 Å². The van der Waals surface area contributed by atoms with Gasteiger partial charge >= 0.3 is 0 Å². The molecule has 138 valence electrons. The third-order valence-corrected chi connectivity index (χ3v) is 5.37. The molecule has 2 amide bonds. The van der Waals surface area contributed by atoms with Gasteiger partial charge < -0.3 is 0 Å². The average molecular weight is 376 g/mol. The van der Waals surface area contributed by atoms with Crippen molar-refractivity contribution in [1.29, 1.82) is 5.26 Å². The highest BCUT2D eigenvalue weighted by Crippen LogP contribution is 2.36. The quantitative estimate of drug-likeness (QED) is 0.301. The molecule has 0 bridgehead atoms. The van der Waals surface area contributed by atoms with Crippen LogP contribution in [-0.4, -0.2) is 27.2 Å². The molecule has 0 saturated carbocycles. The average Bonchev–Trinajstić information content (AvgIpc) is 3.11. The van der Waals surface area contributed by atoms with E-state index in [2.05, 4.69) is 4.98 Å². The number of hydrogen-bond donors (Lipinski definition) is 4. The zero-order valence-electron chi connectivity index (χ0n) is 14.1. The first-order chi connectivity index (χ1) is 12.6. The zero-order valence-corrected chi connectivity index (χ0v) is 14.9. The monoisotopic (exact) mass is 376 g/mol. The maximum atomic E-state index is 12.3. The van der Waals surface area contributed by atoms with Gasteiger partial charge in [0.1, 0.15) is 5.01 Å². The summed E-state index contributed by atoms with van der Waals surface area (Å²) in [5.41, 5.74) is 2.32. The molecule has 26 heavy (non-hydrogen) atoms. The van der Waals surface area contributed by atoms with Gasteiger partial charge in [-0.05, 0) is 25.0 Å². The third-order valence-electron chi connectivity index (χ3n) is 4.17. The summed E-state index contributed by atoms with van der Waals surface area (Å²) in [6.45, 7) is 0. The molecule has 0 saturated heterocycles. The predicted octanol–water partition coefficient (Wildman–Crippen LogP) is 2.41. The maximum Gasteiger partial charge on any atom is 0.270 e. The first-order valence-electron chi connectivity index (χ1n) is 8.22. The largest absolute Gasteiger partial charge is 0.289 e. The molecule has 4 N–H and O–H groups in total. The van der Waals surface area contributed by atoms with Crippen molar-refractivity contribution in [1.82, 2.24) is 15.9 Å². The molecule has 2 aromatic rings. The standard InChI is InChI=1S/C17H20N4O4S/c18-11-17(15(23)21-25,10-6-2-1-3-9-14(22)20-24)16-19-12-7-4-5-8-13(12)26-16/h4-5,7-8,24-25H,1-3,6,9-10H2,(H,20,22)(H,21,23). The SMILES string of the molecule is N#CC(CCCCCCC(=O)NO)(C(=O)NO)c1nc2ccccc2s1. The number of carbonyl (C=O) groups excluding carboxylic acids is 2. The molecular formula is C17H20N4O4S. The molecule has 0 aliphatic heterocycles. The summed E-state index contributed by atoms with van der Waals surface area (Å²) in [5, 5.41) is 27.6. The molecule has 8 nitrogen and oxygen atoms in total. The van der Waals surface area contributed by atoms with Crippen LogP contribution in [0.25, 0.3) is 10.2 Å². The Morgan fingerprint density at radius 2 is 1.88 bits per heavy atom. The molecule has 2 rings (SSSR count). The van der Waals surface area contributed by atoms with Crippen molar-refractivity contribution in [2.45, 2.75) is 43.9 Å². The minimum Gasteiger partial charge on any atom is -0.289 e. The number of carbonyl (C=O) groups is 2. The Labute approximate surface area is 154 Å². The number of amides is 2. The fraction of sp³-hybridized carbons (Fsp3) is 0.412. The lowest BCUT2D eigenvalue weighted by Crippen LogP contribution is -2.42. The lowest BCUT2D eigenvalue weighted by molar-refractivity contribution is -0.133. The second-order valence-electron chi connectivity index (χ2n) is 5.89. The number of benzene rings is 1. The van der Waals surface area contributed by atoms with Crippen molar-refractivity contribution in [3.8, 4) is 6.07 Å². The number of nitrogens with zero attached hydrogens (tertiary/aromatic N) is 2. The summed E-state index contributed by atoms with van der Waals surface area (Å²) in [6.07, 6.45) is 3.00. The van der Waals surface area contributed by atoms with Gasteiger partial charge in [0.25, 0.3) is 5.91 Å². The molecule has 1 heterocycles. The van der Waals surface area contributed by atoms with Gasteiger partial charge in [-0.25, -0.2) is 15.9 Å². The van der Waals surface area contributed by atoms with Crippen molar-refractivity contribution in [2.75, 3.05) is 0 Å². The van der Waals surface area contributed by atoms with Crippen LogP contribution in [0.3, 0.4) is 0 Å². The second kappa shape index (κ2) is 9.24. The number of thiazole rings is 1. The smallest absolute Gasteiger partial charge is 0.270 e. The van der Waals surface area contributed by atoms with Crippen molar-refractivity contribution in [3.63, 3.8) is 0 Å². The molecule has 1 aromatic carbocycles. The van der Waals surface area contributed by atoms with E-state index in [-0.39, 0.29) is 12.8 Å². The number of para-hydroxylation sites is 1. The van der Waals surface area contributed by atoms with E-state index in [1.54, 1.807) is 17.0 Å². The summed E-state index contributed by atoms with van der Waals surface area (Å²) in [5.74, 6) is -1.23. The highest BCUT2D eigenvalue weighted by molar-refractivity contribution is 7.18. The Morgan fingerprint density at radius 1 is 1.15 bits per heavy atom. The summed E-state index contributed by atoms with van der Waals surface area (Å²) < 4.78 is 0.864. The number of hydrogen-bond acceptors (Lipinski definition) is 7. The number of nitrogens with one attached hydrogen (secondary N) is 2. The van der Waals surface area contributed by atoms with Crippen LogP contribution in [0, 0.1) is 11.3 Å². The lowest BCUT2D eigenvalue weighted by atomic mass is 9.83. The van der Waals surface area contributed by atoms with Gasteiger partial charge in [0.05, 0.1) is 16.3 Å².